The van der Waals surface area contributed by atoms with Crippen LogP contribution < -0.4 is 5.32 Å². The molecule has 0 spiro atoms. The average molecular weight is 253 g/mol. The van der Waals surface area contributed by atoms with Crippen LogP contribution in [0.25, 0.3) is 0 Å². The molecule has 18 heavy (non-hydrogen) atoms. The van der Waals surface area contributed by atoms with Crippen molar-refractivity contribution in [2.45, 2.75) is 13.5 Å². The van der Waals surface area contributed by atoms with E-state index >= 15 is 0 Å². The van der Waals surface area contributed by atoms with Crippen molar-refractivity contribution >= 4 is 5.82 Å². The minimum absolute atomic E-state index is 0.0360. The number of hydrogen-bond donors (Lipinski definition) is 1. The van der Waals surface area contributed by atoms with Gasteiger partial charge in [0.2, 0.25) is 0 Å². The van der Waals surface area contributed by atoms with E-state index < -0.39 is 17.5 Å². The predicted molar refractivity (Wildman–Crippen MR) is 60.4 cm³/mol. The monoisotopic (exact) mass is 253 g/mol. The number of nitrogens with zero attached hydrogens (tertiary/aromatic N) is 2. The maximum absolute atomic E-state index is 13.5. The summed E-state index contributed by atoms with van der Waals surface area (Å²) in [6.45, 7) is 1.43. The maximum Gasteiger partial charge on any atom is 0.186 e. The maximum atomic E-state index is 13.5. The summed E-state index contributed by atoms with van der Waals surface area (Å²) in [5.74, 6) is -1.75. The topological polar surface area (TPSA) is 37.8 Å². The second kappa shape index (κ2) is 5.03. The first-order valence-electron chi connectivity index (χ1n) is 5.23. The van der Waals surface area contributed by atoms with Crippen LogP contribution in [0, 0.1) is 24.4 Å². The van der Waals surface area contributed by atoms with E-state index in [1.54, 1.807) is 0 Å². The quantitative estimate of drug-likeness (QED) is 0.914. The number of aromatic nitrogens is 2. The van der Waals surface area contributed by atoms with Gasteiger partial charge in [-0.3, -0.25) is 0 Å². The molecule has 0 aliphatic heterocycles. The molecule has 0 fully saturated rings. The second-order valence-electron chi connectivity index (χ2n) is 3.71. The number of rotatable bonds is 3. The van der Waals surface area contributed by atoms with Crippen LogP contribution in [0.3, 0.4) is 0 Å². The van der Waals surface area contributed by atoms with Crippen LogP contribution in [0.1, 0.15) is 11.3 Å². The number of benzene rings is 1. The van der Waals surface area contributed by atoms with E-state index in [0.717, 1.165) is 18.2 Å². The molecule has 0 amide bonds. The molecule has 0 atom stereocenters. The Balaban J connectivity index is 2.16. The molecular weight excluding hydrogens is 243 g/mol. The first-order chi connectivity index (χ1) is 8.58. The van der Waals surface area contributed by atoms with Crippen LogP contribution in [0.5, 0.6) is 0 Å². The van der Waals surface area contributed by atoms with Crippen LogP contribution in [-0.4, -0.2) is 9.97 Å². The van der Waals surface area contributed by atoms with Gasteiger partial charge in [-0.1, -0.05) is 0 Å². The lowest BCUT2D eigenvalue weighted by Crippen LogP contribution is -2.07. The van der Waals surface area contributed by atoms with Crippen LogP contribution in [-0.2, 0) is 6.54 Å². The van der Waals surface area contributed by atoms with Gasteiger partial charge in [0.05, 0.1) is 5.69 Å². The normalized spacial score (nSPS) is 10.4. The molecule has 3 nitrogen and oxygen atoms in total. The minimum atomic E-state index is -0.602. The Labute approximate surface area is 102 Å². The van der Waals surface area contributed by atoms with Crippen molar-refractivity contribution in [3.05, 3.63) is 53.2 Å². The number of halogens is 3. The Bertz CT molecular complexity index is 570. The fourth-order valence-corrected chi connectivity index (χ4v) is 1.44. The third-order valence-electron chi connectivity index (χ3n) is 2.42. The third kappa shape index (κ3) is 2.58. The molecule has 0 radical (unpaired) electrons. The largest absolute Gasteiger partial charge is 0.363 e. The Morgan fingerprint density at radius 1 is 1.17 bits per heavy atom. The van der Waals surface area contributed by atoms with Gasteiger partial charge in [-0.05, 0) is 25.1 Å². The lowest BCUT2D eigenvalue weighted by molar-refractivity contribution is 0.585. The molecule has 0 bridgehead atoms. The van der Waals surface area contributed by atoms with Gasteiger partial charge in [0.15, 0.2) is 11.6 Å². The lowest BCUT2D eigenvalue weighted by Gasteiger charge is -2.08. The number of hydrogen-bond acceptors (Lipinski definition) is 3. The van der Waals surface area contributed by atoms with Crippen molar-refractivity contribution in [2.75, 3.05) is 5.32 Å². The predicted octanol–water partition coefficient (Wildman–Crippen LogP) is 2.81. The van der Waals surface area contributed by atoms with Gasteiger partial charge < -0.3 is 5.32 Å². The van der Waals surface area contributed by atoms with Gasteiger partial charge in [-0.2, -0.15) is 0 Å². The minimum Gasteiger partial charge on any atom is -0.363 e. The van der Waals surface area contributed by atoms with Crippen molar-refractivity contribution in [3.63, 3.8) is 0 Å². The van der Waals surface area contributed by atoms with Gasteiger partial charge >= 0.3 is 0 Å². The van der Waals surface area contributed by atoms with Gasteiger partial charge in [0.25, 0.3) is 0 Å². The van der Waals surface area contributed by atoms with Crippen molar-refractivity contribution < 1.29 is 13.2 Å². The highest BCUT2D eigenvalue weighted by molar-refractivity contribution is 5.38. The molecule has 1 N–H and O–H groups in total. The van der Waals surface area contributed by atoms with Crippen molar-refractivity contribution in [1.82, 2.24) is 9.97 Å². The Kier molecular flexibility index (Phi) is 3.45. The van der Waals surface area contributed by atoms with Gasteiger partial charge in [-0.25, -0.2) is 23.1 Å². The summed E-state index contributed by atoms with van der Waals surface area (Å²) in [5, 5.41) is 2.61. The highest BCUT2D eigenvalue weighted by Crippen LogP contribution is 2.15. The van der Waals surface area contributed by atoms with Gasteiger partial charge in [0.1, 0.15) is 18.0 Å². The average Bonchev–Trinajstić information content (AvgIpc) is 2.35. The smallest absolute Gasteiger partial charge is 0.186 e. The van der Waals surface area contributed by atoms with Crippen molar-refractivity contribution in [2.24, 2.45) is 0 Å². The Morgan fingerprint density at radius 2 is 1.94 bits per heavy atom. The summed E-state index contributed by atoms with van der Waals surface area (Å²) >= 11 is 0. The first kappa shape index (κ1) is 12.3. The number of anilines is 1. The summed E-state index contributed by atoms with van der Waals surface area (Å²) in [7, 11) is 0. The summed E-state index contributed by atoms with van der Waals surface area (Å²) in [6, 6.07) is 3.09. The van der Waals surface area contributed by atoms with Gasteiger partial charge in [0, 0.05) is 12.1 Å². The van der Waals surface area contributed by atoms with E-state index in [2.05, 4.69) is 15.3 Å². The molecule has 1 aromatic heterocycles. The fraction of sp³-hybridized carbons (Fsp3) is 0.167. The molecule has 0 aliphatic carbocycles. The zero-order valence-electron chi connectivity index (χ0n) is 9.54. The molecule has 2 rings (SSSR count). The van der Waals surface area contributed by atoms with Crippen molar-refractivity contribution in [1.29, 1.82) is 0 Å². The standard InChI is InChI=1S/C12H10F3N3/c1-7-11(15)12(18-6-17-7)16-5-8-4-9(13)2-3-10(8)14/h2-4,6H,5H2,1H3,(H,16,17,18). The van der Waals surface area contributed by atoms with Crippen LogP contribution in [0.4, 0.5) is 19.0 Å². The molecular formula is C12H10F3N3. The van der Waals surface area contributed by atoms with Crippen LogP contribution in [0.15, 0.2) is 24.5 Å². The molecule has 1 heterocycles. The zero-order chi connectivity index (χ0) is 13.1. The molecule has 0 saturated carbocycles. The molecule has 0 aliphatic rings. The van der Waals surface area contributed by atoms with E-state index in [0.29, 0.717) is 0 Å². The molecule has 94 valence electrons. The Hall–Kier alpha value is -2.11. The molecule has 2 aromatic rings. The van der Waals surface area contributed by atoms with Crippen LogP contribution in [0.2, 0.25) is 0 Å². The third-order valence-corrected chi connectivity index (χ3v) is 2.42. The SMILES string of the molecule is Cc1ncnc(NCc2cc(F)ccc2F)c1F. The highest BCUT2D eigenvalue weighted by Gasteiger charge is 2.09. The van der Waals surface area contributed by atoms with E-state index in [1.807, 2.05) is 0 Å². The second-order valence-corrected chi connectivity index (χ2v) is 3.71. The summed E-state index contributed by atoms with van der Waals surface area (Å²) in [6.07, 6.45) is 1.20. The summed E-state index contributed by atoms with van der Waals surface area (Å²) < 4.78 is 39.8. The molecule has 1 aromatic carbocycles. The van der Waals surface area contributed by atoms with Crippen molar-refractivity contribution in [3.8, 4) is 0 Å². The van der Waals surface area contributed by atoms with E-state index in [4.69, 9.17) is 0 Å². The lowest BCUT2D eigenvalue weighted by atomic mass is 10.2. The Morgan fingerprint density at radius 3 is 2.72 bits per heavy atom. The zero-order valence-corrected chi connectivity index (χ0v) is 9.54. The first-order valence-corrected chi connectivity index (χ1v) is 5.23. The number of nitrogens with one attached hydrogen (secondary N) is 1. The van der Waals surface area contributed by atoms with E-state index in [-0.39, 0.29) is 23.6 Å². The van der Waals surface area contributed by atoms with E-state index in [9.17, 15) is 13.2 Å². The summed E-state index contributed by atoms with van der Waals surface area (Å²) in [4.78, 5) is 7.36. The van der Waals surface area contributed by atoms with Crippen LogP contribution >= 0.6 is 0 Å². The number of aryl methyl sites for hydroxylation is 1. The summed E-state index contributed by atoms with van der Waals surface area (Å²) in [5.41, 5.74) is 0.290. The van der Waals surface area contributed by atoms with E-state index in [1.165, 1.54) is 13.3 Å². The molecule has 0 saturated heterocycles. The molecule has 6 heteroatoms. The molecule has 0 unspecified atom stereocenters. The highest BCUT2D eigenvalue weighted by atomic mass is 19.1. The fourth-order valence-electron chi connectivity index (χ4n) is 1.44. The van der Waals surface area contributed by atoms with Gasteiger partial charge in [-0.15, -0.1) is 0 Å².